The van der Waals surface area contributed by atoms with Crippen LogP contribution in [0.2, 0.25) is 0 Å². The average Bonchev–Trinajstić information content (AvgIpc) is 2.19. The third-order valence-corrected chi connectivity index (χ3v) is 2.06. The van der Waals surface area contributed by atoms with Gasteiger partial charge in [-0.3, -0.25) is 0 Å². The summed E-state index contributed by atoms with van der Waals surface area (Å²) in [6.45, 7) is 0. The molecule has 1 nitrogen and oxygen atoms in total. The van der Waals surface area contributed by atoms with E-state index < -0.39 is 35.3 Å². The molecule has 0 aliphatic heterocycles. The Labute approximate surface area is 103 Å². The van der Waals surface area contributed by atoms with Crippen molar-refractivity contribution in [3.8, 4) is 0 Å². The number of hydrogen-bond donors (Lipinski definition) is 1. The molecule has 0 bridgehead atoms. The lowest BCUT2D eigenvalue weighted by Crippen LogP contribution is -2.46. The van der Waals surface area contributed by atoms with Gasteiger partial charge < -0.3 is 5.73 Å². The maximum atomic E-state index is 13.0. The van der Waals surface area contributed by atoms with Gasteiger partial charge in [0, 0.05) is 5.56 Å². The molecule has 0 aromatic heterocycles. The summed E-state index contributed by atoms with van der Waals surface area (Å²) in [5.74, 6) is -7.93. The van der Waals surface area contributed by atoms with Crippen LogP contribution in [0.1, 0.15) is 11.6 Å². The molecule has 1 rings (SSSR count). The summed E-state index contributed by atoms with van der Waals surface area (Å²) >= 11 is 0. The second-order valence-electron chi connectivity index (χ2n) is 3.26. The van der Waals surface area contributed by atoms with E-state index in [-0.39, 0.29) is 18.5 Å². The summed E-state index contributed by atoms with van der Waals surface area (Å²) in [6, 6.07) is -1.79. The molecule has 0 radical (unpaired) electrons. The summed E-state index contributed by atoms with van der Waals surface area (Å²) in [4.78, 5) is 0. The summed E-state index contributed by atoms with van der Waals surface area (Å²) in [5, 5.41) is 0. The van der Waals surface area contributed by atoms with Crippen molar-refractivity contribution in [2.45, 2.75) is 18.1 Å². The molecule has 0 fully saturated rings. The third kappa shape index (κ3) is 3.05. The molecule has 0 heterocycles. The Morgan fingerprint density at radius 3 is 1.94 bits per heavy atom. The van der Waals surface area contributed by atoms with Crippen molar-refractivity contribution in [3.05, 3.63) is 35.4 Å². The molecule has 0 aliphatic carbocycles. The SMILES string of the molecule is Cl.N[C@H](c1cc(F)ccc1F)C(F)(F)C(F)(F)F. The smallest absolute Gasteiger partial charge is 0.319 e. The summed E-state index contributed by atoms with van der Waals surface area (Å²) < 4.78 is 87.1. The van der Waals surface area contributed by atoms with Crippen LogP contribution in [0.3, 0.4) is 0 Å². The minimum Gasteiger partial charge on any atom is -0.319 e. The fourth-order valence-corrected chi connectivity index (χ4v) is 1.12. The predicted molar refractivity (Wildman–Crippen MR) is 51.5 cm³/mol. The second kappa shape index (κ2) is 5.31. The van der Waals surface area contributed by atoms with Crippen molar-refractivity contribution in [1.82, 2.24) is 0 Å². The van der Waals surface area contributed by atoms with Crippen molar-refractivity contribution in [2.24, 2.45) is 5.73 Å². The number of alkyl halides is 5. The normalized spacial score (nSPS) is 14.0. The van der Waals surface area contributed by atoms with Crippen LogP contribution in [0.5, 0.6) is 0 Å². The van der Waals surface area contributed by atoms with Crippen LogP contribution in [-0.2, 0) is 0 Å². The van der Waals surface area contributed by atoms with Crippen molar-refractivity contribution >= 4 is 12.4 Å². The van der Waals surface area contributed by atoms with Gasteiger partial charge in [0.15, 0.2) is 0 Å². The summed E-state index contributed by atoms with van der Waals surface area (Å²) in [6.07, 6.45) is -5.94. The molecule has 0 unspecified atom stereocenters. The highest BCUT2D eigenvalue weighted by molar-refractivity contribution is 5.85. The Kier molecular flexibility index (Phi) is 5.01. The third-order valence-electron chi connectivity index (χ3n) is 2.06. The number of halogens is 8. The first-order valence-corrected chi connectivity index (χ1v) is 4.22. The van der Waals surface area contributed by atoms with Gasteiger partial charge >= 0.3 is 12.1 Å². The van der Waals surface area contributed by atoms with Gasteiger partial charge in [0.1, 0.15) is 17.7 Å². The van der Waals surface area contributed by atoms with Gasteiger partial charge in [0.05, 0.1) is 0 Å². The van der Waals surface area contributed by atoms with E-state index in [1.54, 1.807) is 0 Å². The van der Waals surface area contributed by atoms with Gasteiger partial charge in [-0.25, -0.2) is 8.78 Å². The fourth-order valence-electron chi connectivity index (χ4n) is 1.12. The highest BCUT2D eigenvalue weighted by Gasteiger charge is 2.62. The van der Waals surface area contributed by atoms with E-state index in [9.17, 15) is 30.7 Å². The number of hydrogen-bond acceptors (Lipinski definition) is 1. The quantitative estimate of drug-likeness (QED) is 0.830. The van der Waals surface area contributed by atoms with Crippen LogP contribution in [0.4, 0.5) is 30.7 Å². The maximum Gasteiger partial charge on any atom is 0.455 e. The minimum atomic E-state index is -5.94. The van der Waals surface area contributed by atoms with E-state index in [2.05, 4.69) is 5.73 Å². The zero-order valence-corrected chi connectivity index (χ0v) is 9.26. The summed E-state index contributed by atoms with van der Waals surface area (Å²) in [7, 11) is 0. The van der Waals surface area contributed by atoms with Crippen molar-refractivity contribution in [2.75, 3.05) is 0 Å². The Balaban J connectivity index is 0.00000289. The van der Waals surface area contributed by atoms with Crippen molar-refractivity contribution in [1.29, 1.82) is 0 Å². The van der Waals surface area contributed by atoms with Crippen LogP contribution in [-0.4, -0.2) is 12.1 Å². The molecule has 0 aliphatic rings. The van der Waals surface area contributed by atoms with Gasteiger partial charge in [0.2, 0.25) is 0 Å². The van der Waals surface area contributed by atoms with Crippen LogP contribution in [0.25, 0.3) is 0 Å². The van der Waals surface area contributed by atoms with Crippen LogP contribution in [0.15, 0.2) is 18.2 Å². The zero-order valence-electron chi connectivity index (χ0n) is 8.44. The van der Waals surface area contributed by atoms with Gasteiger partial charge in [0.25, 0.3) is 0 Å². The molecule has 0 saturated carbocycles. The first-order chi connectivity index (χ1) is 7.57. The van der Waals surface area contributed by atoms with Crippen LogP contribution < -0.4 is 5.73 Å². The van der Waals surface area contributed by atoms with E-state index in [1.807, 2.05) is 0 Å². The first kappa shape index (κ1) is 17.0. The number of benzene rings is 1. The molecule has 0 spiro atoms. The minimum absolute atomic E-state index is 0. The largest absolute Gasteiger partial charge is 0.455 e. The predicted octanol–water partition coefficient (Wildman–Crippen LogP) is 3.58. The lowest BCUT2D eigenvalue weighted by Gasteiger charge is -2.26. The Bertz CT molecular complexity index is 418. The van der Waals surface area contributed by atoms with Crippen LogP contribution >= 0.6 is 12.4 Å². The molecule has 0 saturated heterocycles. The lowest BCUT2D eigenvalue weighted by atomic mass is 10.0. The lowest BCUT2D eigenvalue weighted by molar-refractivity contribution is -0.291. The molecule has 2 N–H and O–H groups in total. The Morgan fingerprint density at radius 1 is 1.00 bits per heavy atom. The number of nitrogens with two attached hydrogens (primary N) is 1. The van der Waals surface area contributed by atoms with Crippen molar-refractivity contribution < 1.29 is 30.7 Å². The Morgan fingerprint density at radius 2 is 1.50 bits per heavy atom. The highest BCUT2D eigenvalue weighted by Crippen LogP contribution is 2.43. The van der Waals surface area contributed by atoms with Gasteiger partial charge in [-0.1, -0.05) is 0 Å². The van der Waals surface area contributed by atoms with Gasteiger partial charge in [-0.2, -0.15) is 22.0 Å². The summed E-state index contributed by atoms with van der Waals surface area (Å²) in [5.41, 5.74) is 3.42. The van der Waals surface area contributed by atoms with E-state index in [4.69, 9.17) is 0 Å². The fraction of sp³-hybridized carbons (Fsp3) is 0.333. The molecule has 0 amide bonds. The first-order valence-electron chi connectivity index (χ1n) is 4.22. The molecule has 1 aromatic rings. The van der Waals surface area contributed by atoms with Gasteiger partial charge in [-0.05, 0) is 18.2 Å². The second-order valence-corrected chi connectivity index (χ2v) is 3.26. The molecular weight excluding hydrogens is 291 g/mol. The van der Waals surface area contributed by atoms with Crippen LogP contribution in [0, 0.1) is 11.6 Å². The molecule has 9 heteroatoms. The van der Waals surface area contributed by atoms with Gasteiger partial charge in [-0.15, -0.1) is 12.4 Å². The molecular formula is C9H7ClF7N. The monoisotopic (exact) mass is 297 g/mol. The van der Waals surface area contributed by atoms with E-state index in [0.29, 0.717) is 12.1 Å². The molecule has 1 aromatic carbocycles. The van der Waals surface area contributed by atoms with E-state index >= 15 is 0 Å². The molecule has 1 atom stereocenters. The molecule has 104 valence electrons. The highest BCUT2D eigenvalue weighted by atomic mass is 35.5. The van der Waals surface area contributed by atoms with Crippen molar-refractivity contribution in [3.63, 3.8) is 0 Å². The standard InChI is InChI=1S/C9H6F7N.ClH/c10-4-1-2-6(11)5(3-4)7(17)8(12,13)9(14,15)16;/h1-3,7H,17H2;1H/t7-;/m1./s1. The molecule has 18 heavy (non-hydrogen) atoms. The van der Waals surface area contributed by atoms with E-state index in [0.717, 1.165) is 0 Å². The average molecular weight is 298 g/mol. The number of rotatable bonds is 2. The maximum absolute atomic E-state index is 13.0. The van der Waals surface area contributed by atoms with E-state index in [1.165, 1.54) is 0 Å². The topological polar surface area (TPSA) is 26.0 Å². The zero-order chi connectivity index (χ0) is 13.4. The Hall–Kier alpha value is -1.02.